The maximum atomic E-state index is 13.3. The first kappa shape index (κ1) is 20.1. The van der Waals surface area contributed by atoms with Crippen LogP contribution in [0.25, 0.3) is 10.4 Å². The molecule has 1 aliphatic rings. The van der Waals surface area contributed by atoms with Crippen molar-refractivity contribution in [2.75, 3.05) is 13.1 Å². The molecular formula is C26H29NOS. The number of hydrogen-bond acceptors (Lipinski definition) is 3. The second-order valence-corrected chi connectivity index (χ2v) is 8.93. The quantitative estimate of drug-likeness (QED) is 0.469. The molecule has 4 rings (SSSR count). The summed E-state index contributed by atoms with van der Waals surface area (Å²) in [7, 11) is 0. The summed E-state index contributed by atoms with van der Waals surface area (Å²) in [6.07, 6.45) is 2.39. The largest absolute Gasteiger partial charge is 0.299 e. The van der Waals surface area contributed by atoms with E-state index in [-0.39, 0.29) is 5.41 Å². The fourth-order valence-corrected chi connectivity index (χ4v) is 5.77. The van der Waals surface area contributed by atoms with E-state index in [1.165, 1.54) is 21.6 Å². The number of nitrogens with zero attached hydrogens (tertiary/aromatic N) is 1. The van der Waals surface area contributed by atoms with Crippen molar-refractivity contribution in [2.45, 2.75) is 44.6 Å². The number of thiophene rings is 1. The van der Waals surface area contributed by atoms with Crippen molar-refractivity contribution in [3.8, 4) is 10.4 Å². The zero-order chi connectivity index (χ0) is 20.3. The molecule has 0 N–H and O–H groups in total. The molecule has 1 aromatic heterocycles. The predicted molar refractivity (Wildman–Crippen MR) is 122 cm³/mol. The van der Waals surface area contributed by atoms with Gasteiger partial charge in [0.2, 0.25) is 0 Å². The van der Waals surface area contributed by atoms with Gasteiger partial charge >= 0.3 is 0 Å². The molecular weight excluding hydrogens is 374 g/mol. The molecule has 0 amide bonds. The highest BCUT2D eigenvalue weighted by Crippen LogP contribution is 2.45. The second kappa shape index (κ2) is 8.64. The standard InChI is InChI=1S/C26H29NOS/c1-3-24(28)26(23-14-19-29-25(23)22-12-8-5-9-13-22)15-17-27(18-16-26)20(2)21-10-6-4-7-11-21/h4-14,19-20H,3,15-18H2,1-2H3. The van der Waals surface area contributed by atoms with Crippen LogP contribution in [0.4, 0.5) is 0 Å². The molecule has 3 aromatic rings. The van der Waals surface area contributed by atoms with Gasteiger partial charge in [0, 0.05) is 30.4 Å². The number of ketones is 1. The lowest BCUT2D eigenvalue weighted by molar-refractivity contribution is -0.126. The van der Waals surface area contributed by atoms with Crippen LogP contribution in [0.5, 0.6) is 0 Å². The Hall–Kier alpha value is -2.23. The van der Waals surface area contributed by atoms with E-state index in [4.69, 9.17) is 0 Å². The predicted octanol–water partition coefficient (Wildman–Crippen LogP) is 6.49. The molecule has 2 heterocycles. The van der Waals surface area contributed by atoms with E-state index in [9.17, 15) is 4.79 Å². The summed E-state index contributed by atoms with van der Waals surface area (Å²) in [6.45, 7) is 6.19. The van der Waals surface area contributed by atoms with Crippen LogP contribution in [0.15, 0.2) is 72.1 Å². The normalized spacial score (nSPS) is 17.7. The van der Waals surface area contributed by atoms with Crippen LogP contribution in [-0.4, -0.2) is 23.8 Å². The first-order chi connectivity index (χ1) is 14.2. The Morgan fingerprint density at radius 2 is 1.62 bits per heavy atom. The van der Waals surface area contributed by atoms with E-state index < -0.39 is 0 Å². The lowest BCUT2D eigenvalue weighted by Gasteiger charge is -2.43. The Balaban J connectivity index is 1.63. The summed E-state index contributed by atoms with van der Waals surface area (Å²) in [4.78, 5) is 17.1. The van der Waals surface area contributed by atoms with Crippen LogP contribution in [0, 0.1) is 0 Å². The van der Waals surface area contributed by atoms with Gasteiger partial charge in [0.05, 0.1) is 5.41 Å². The first-order valence-corrected chi connectivity index (χ1v) is 11.5. The molecule has 1 fully saturated rings. The van der Waals surface area contributed by atoms with Gasteiger partial charge in [-0.2, -0.15) is 0 Å². The second-order valence-electron chi connectivity index (χ2n) is 8.01. The number of carbonyl (C=O) groups excluding carboxylic acids is 1. The van der Waals surface area contributed by atoms with E-state index in [2.05, 4.69) is 77.9 Å². The number of benzene rings is 2. The van der Waals surface area contributed by atoms with Crippen LogP contribution < -0.4 is 0 Å². The SMILES string of the molecule is CCC(=O)C1(c2ccsc2-c2ccccc2)CCN(C(C)c2ccccc2)CC1. The highest BCUT2D eigenvalue weighted by Gasteiger charge is 2.44. The lowest BCUT2D eigenvalue weighted by Crippen LogP contribution is -2.47. The highest BCUT2D eigenvalue weighted by atomic mass is 32.1. The molecule has 0 spiro atoms. The molecule has 0 aliphatic carbocycles. The van der Waals surface area contributed by atoms with E-state index in [0.717, 1.165) is 25.9 Å². The van der Waals surface area contributed by atoms with Crippen molar-refractivity contribution in [3.05, 3.63) is 83.2 Å². The molecule has 0 bridgehead atoms. The minimum Gasteiger partial charge on any atom is -0.299 e. The number of Topliss-reactive ketones (excluding diaryl/α,β-unsaturated/α-hetero) is 1. The average Bonchev–Trinajstić information content (AvgIpc) is 3.30. The molecule has 2 aromatic carbocycles. The molecule has 3 heteroatoms. The van der Waals surface area contributed by atoms with Crippen molar-refractivity contribution in [2.24, 2.45) is 0 Å². The maximum Gasteiger partial charge on any atom is 0.143 e. The van der Waals surface area contributed by atoms with Crippen LogP contribution >= 0.6 is 11.3 Å². The van der Waals surface area contributed by atoms with Crippen LogP contribution in [0.3, 0.4) is 0 Å². The van der Waals surface area contributed by atoms with E-state index in [1.54, 1.807) is 11.3 Å². The monoisotopic (exact) mass is 403 g/mol. The average molecular weight is 404 g/mol. The number of rotatable bonds is 6. The van der Waals surface area contributed by atoms with Gasteiger partial charge in [-0.15, -0.1) is 11.3 Å². The van der Waals surface area contributed by atoms with Gasteiger partial charge in [0.25, 0.3) is 0 Å². The van der Waals surface area contributed by atoms with Gasteiger partial charge in [-0.1, -0.05) is 67.6 Å². The Morgan fingerprint density at radius 3 is 2.24 bits per heavy atom. The lowest BCUT2D eigenvalue weighted by atomic mass is 9.68. The number of likely N-dealkylation sites (tertiary alicyclic amines) is 1. The topological polar surface area (TPSA) is 20.3 Å². The molecule has 0 radical (unpaired) electrons. The van der Waals surface area contributed by atoms with E-state index >= 15 is 0 Å². The molecule has 1 unspecified atom stereocenters. The Labute approximate surface area is 178 Å². The minimum absolute atomic E-state index is 0.354. The van der Waals surface area contributed by atoms with Crippen molar-refractivity contribution in [1.82, 2.24) is 4.90 Å². The Kier molecular flexibility index (Phi) is 5.98. The zero-order valence-corrected chi connectivity index (χ0v) is 18.1. The third-order valence-electron chi connectivity index (χ3n) is 6.55. The molecule has 1 atom stereocenters. The van der Waals surface area contributed by atoms with Crippen LogP contribution in [0.1, 0.15) is 50.3 Å². The fourth-order valence-electron chi connectivity index (χ4n) is 4.77. The number of piperidine rings is 1. The fraction of sp³-hybridized carbons (Fsp3) is 0.346. The summed E-state index contributed by atoms with van der Waals surface area (Å²) in [5, 5.41) is 2.15. The van der Waals surface area contributed by atoms with E-state index in [0.29, 0.717) is 18.2 Å². The molecule has 29 heavy (non-hydrogen) atoms. The third-order valence-corrected chi connectivity index (χ3v) is 7.52. The van der Waals surface area contributed by atoms with Crippen molar-refractivity contribution >= 4 is 17.1 Å². The molecule has 150 valence electrons. The van der Waals surface area contributed by atoms with Gasteiger partial charge < -0.3 is 0 Å². The van der Waals surface area contributed by atoms with Gasteiger partial charge in [0.1, 0.15) is 5.78 Å². The van der Waals surface area contributed by atoms with E-state index in [1.807, 2.05) is 13.0 Å². The van der Waals surface area contributed by atoms with Crippen LogP contribution in [0.2, 0.25) is 0 Å². The first-order valence-electron chi connectivity index (χ1n) is 10.6. The summed E-state index contributed by atoms with van der Waals surface area (Å²) >= 11 is 1.76. The Bertz CT molecular complexity index is 939. The highest BCUT2D eigenvalue weighted by molar-refractivity contribution is 7.13. The van der Waals surface area contributed by atoms with Gasteiger partial charge in [-0.3, -0.25) is 9.69 Å². The van der Waals surface area contributed by atoms with Gasteiger partial charge in [-0.05, 0) is 47.9 Å². The smallest absolute Gasteiger partial charge is 0.143 e. The number of hydrogen-bond donors (Lipinski definition) is 0. The zero-order valence-electron chi connectivity index (χ0n) is 17.3. The van der Waals surface area contributed by atoms with Crippen molar-refractivity contribution in [1.29, 1.82) is 0 Å². The molecule has 0 saturated carbocycles. The Morgan fingerprint density at radius 1 is 1.00 bits per heavy atom. The van der Waals surface area contributed by atoms with Gasteiger partial charge in [-0.25, -0.2) is 0 Å². The van der Waals surface area contributed by atoms with Crippen molar-refractivity contribution < 1.29 is 4.79 Å². The summed E-state index contributed by atoms with van der Waals surface area (Å²) < 4.78 is 0. The maximum absolute atomic E-state index is 13.3. The minimum atomic E-state index is -0.354. The molecule has 1 aliphatic heterocycles. The summed E-state index contributed by atoms with van der Waals surface area (Å²) in [5.41, 5.74) is 3.46. The number of carbonyl (C=O) groups is 1. The van der Waals surface area contributed by atoms with Crippen LogP contribution in [-0.2, 0) is 10.2 Å². The summed E-state index contributed by atoms with van der Waals surface area (Å²) in [5.74, 6) is 0.389. The third kappa shape index (κ3) is 3.82. The molecule has 2 nitrogen and oxygen atoms in total. The molecule has 1 saturated heterocycles. The van der Waals surface area contributed by atoms with Crippen molar-refractivity contribution in [3.63, 3.8) is 0 Å². The summed E-state index contributed by atoms with van der Waals surface area (Å²) in [6, 6.07) is 23.8. The van der Waals surface area contributed by atoms with Gasteiger partial charge in [0.15, 0.2) is 0 Å².